The summed E-state index contributed by atoms with van der Waals surface area (Å²) in [7, 11) is 0. The lowest BCUT2D eigenvalue weighted by molar-refractivity contribution is -0.136. The Bertz CT molecular complexity index is 1020. The number of carboxylic acids is 1. The molecule has 0 saturated heterocycles. The number of carbonyl (C=O) groups is 1. The predicted octanol–water partition coefficient (Wildman–Crippen LogP) is 7.19. The number of rotatable bonds is 10. The lowest BCUT2D eigenvalue weighted by Gasteiger charge is -2.21. The Morgan fingerprint density at radius 1 is 1.16 bits per heavy atom. The van der Waals surface area contributed by atoms with Gasteiger partial charge in [0, 0.05) is 23.5 Å². The maximum absolute atomic E-state index is 11.3. The normalized spacial score (nSPS) is 12.0. The maximum Gasteiger partial charge on any atom is 0.305 e. The Labute approximate surface area is 197 Å². The molecule has 0 aliphatic heterocycles. The molecule has 7 heteroatoms. The van der Waals surface area contributed by atoms with Crippen LogP contribution in [0.4, 0.5) is 5.13 Å². The predicted molar refractivity (Wildman–Crippen MR) is 130 cm³/mol. The number of hydrogen-bond acceptors (Lipinski definition) is 4. The third-order valence-corrected chi connectivity index (χ3v) is 7.07. The number of anilines is 1. The highest BCUT2D eigenvalue weighted by Gasteiger charge is 2.20. The molecule has 0 saturated carbocycles. The van der Waals surface area contributed by atoms with Crippen LogP contribution in [0.5, 0.6) is 0 Å². The van der Waals surface area contributed by atoms with E-state index in [-0.39, 0.29) is 6.42 Å². The molecule has 1 heterocycles. The van der Waals surface area contributed by atoms with Crippen molar-refractivity contribution in [3.05, 3.63) is 69.0 Å². The summed E-state index contributed by atoms with van der Waals surface area (Å²) in [5.41, 5.74) is 2.93. The van der Waals surface area contributed by atoms with E-state index >= 15 is 0 Å². The summed E-state index contributed by atoms with van der Waals surface area (Å²) in [6.07, 6.45) is 2.03. The molecule has 3 rings (SSSR count). The lowest BCUT2D eigenvalue weighted by atomic mass is 10.0. The minimum Gasteiger partial charge on any atom is -0.481 e. The first kappa shape index (κ1) is 23.6. The maximum atomic E-state index is 11.3. The van der Waals surface area contributed by atoms with Crippen molar-refractivity contribution in [2.24, 2.45) is 5.92 Å². The Morgan fingerprint density at radius 2 is 1.90 bits per heavy atom. The van der Waals surface area contributed by atoms with Gasteiger partial charge in [-0.25, -0.2) is 4.98 Å². The molecule has 4 nitrogen and oxygen atoms in total. The zero-order chi connectivity index (χ0) is 22.4. The van der Waals surface area contributed by atoms with Crippen molar-refractivity contribution in [1.82, 2.24) is 4.98 Å². The highest BCUT2D eigenvalue weighted by Crippen LogP contribution is 2.37. The monoisotopic (exact) mass is 476 g/mol. The topological polar surface area (TPSA) is 53.4 Å². The Hall–Kier alpha value is -2.08. The highest BCUT2D eigenvalue weighted by molar-refractivity contribution is 7.16. The smallest absolute Gasteiger partial charge is 0.305 e. The van der Waals surface area contributed by atoms with E-state index in [2.05, 4.69) is 18.7 Å². The van der Waals surface area contributed by atoms with Gasteiger partial charge in [-0.2, -0.15) is 0 Å². The fourth-order valence-corrected chi connectivity index (χ4v) is 4.79. The van der Waals surface area contributed by atoms with Crippen LogP contribution in [0, 0.1) is 5.92 Å². The molecule has 0 bridgehead atoms. The quantitative estimate of drug-likeness (QED) is 0.336. The number of aromatic nitrogens is 1. The fraction of sp³-hybridized carbons (Fsp3) is 0.333. The summed E-state index contributed by atoms with van der Waals surface area (Å²) in [5, 5.41) is 11.1. The number of benzene rings is 2. The van der Waals surface area contributed by atoms with Gasteiger partial charge < -0.3 is 10.0 Å². The van der Waals surface area contributed by atoms with Crippen molar-refractivity contribution in [1.29, 1.82) is 0 Å². The Kier molecular flexibility index (Phi) is 8.35. The second-order valence-corrected chi connectivity index (χ2v) is 9.54. The standard InChI is InChI=1S/C24H26Cl2N2O2S/c1-3-16(2)13-21-23(18-9-10-19(25)20(26)14-18)27-24(31-21)28(12-11-22(29)30)15-17-7-5-4-6-8-17/h4-10,14,16H,3,11-13,15H2,1-2H3,(H,29,30). The van der Waals surface area contributed by atoms with E-state index in [0.29, 0.717) is 29.1 Å². The Morgan fingerprint density at radius 3 is 2.55 bits per heavy atom. The van der Waals surface area contributed by atoms with Crippen LogP contribution in [0.1, 0.15) is 37.1 Å². The fourth-order valence-electron chi connectivity index (χ4n) is 3.22. The van der Waals surface area contributed by atoms with Gasteiger partial charge in [0.1, 0.15) is 0 Å². The molecule has 2 aromatic carbocycles. The van der Waals surface area contributed by atoms with Crippen molar-refractivity contribution >= 4 is 45.6 Å². The summed E-state index contributed by atoms with van der Waals surface area (Å²) in [6, 6.07) is 15.6. The van der Waals surface area contributed by atoms with Crippen LogP contribution < -0.4 is 4.90 Å². The zero-order valence-electron chi connectivity index (χ0n) is 17.6. The van der Waals surface area contributed by atoms with Crippen LogP contribution in [0.25, 0.3) is 11.3 Å². The first-order chi connectivity index (χ1) is 14.9. The van der Waals surface area contributed by atoms with Crippen LogP contribution >= 0.6 is 34.5 Å². The molecule has 0 aliphatic carbocycles. The van der Waals surface area contributed by atoms with Gasteiger partial charge in [-0.1, -0.05) is 79.9 Å². The molecular formula is C24H26Cl2N2O2S. The van der Waals surface area contributed by atoms with Crippen LogP contribution in [0.3, 0.4) is 0 Å². The van der Waals surface area contributed by atoms with E-state index < -0.39 is 5.97 Å². The van der Waals surface area contributed by atoms with Crippen LogP contribution in [0.2, 0.25) is 10.0 Å². The van der Waals surface area contributed by atoms with Crippen molar-refractivity contribution in [2.45, 2.75) is 39.7 Å². The number of halogens is 2. The van der Waals surface area contributed by atoms with E-state index in [1.165, 1.54) is 4.88 Å². The van der Waals surface area contributed by atoms with Gasteiger partial charge in [0.2, 0.25) is 0 Å². The van der Waals surface area contributed by atoms with Gasteiger partial charge in [-0.15, -0.1) is 11.3 Å². The summed E-state index contributed by atoms with van der Waals surface area (Å²) in [5.74, 6) is -0.310. The van der Waals surface area contributed by atoms with Crippen LogP contribution in [0.15, 0.2) is 48.5 Å². The molecule has 0 radical (unpaired) electrons. The third kappa shape index (κ3) is 6.45. The molecule has 1 unspecified atom stereocenters. The molecule has 3 aromatic rings. The van der Waals surface area contributed by atoms with Crippen molar-refractivity contribution in [3.63, 3.8) is 0 Å². The lowest BCUT2D eigenvalue weighted by Crippen LogP contribution is -2.25. The SMILES string of the molecule is CCC(C)Cc1sc(N(CCC(=O)O)Cc2ccccc2)nc1-c1ccc(Cl)c(Cl)c1. The molecule has 1 atom stereocenters. The molecule has 0 fully saturated rings. The molecule has 0 aliphatic rings. The van der Waals surface area contributed by atoms with E-state index in [1.54, 1.807) is 17.4 Å². The third-order valence-electron chi connectivity index (χ3n) is 5.19. The van der Waals surface area contributed by atoms with E-state index in [4.69, 9.17) is 28.2 Å². The van der Waals surface area contributed by atoms with Gasteiger partial charge in [-0.3, -0.25) is 4.79 Å². The summed E-state index contributed by atoms with van der Waals surface area (Å²) < 4.78 is 0. The minimum absolute atomic E-state index is 0.0508. The number of hydrogen-bond donors (Lipinski definition) is 1. The number of carboxylic acid groups (broad SMARTS) is 1. The van der Waals surface area contributed by atoms with Crippen LogP contribution in [-0.4, -0.2) is 22.6 Å². The molecule has 1 aromatic heterocycles. The summed E-state index contributed by atoms with van der Waals surface area (Å²) >= 11 is 14.0. The summed E-state index contributed by atoms with van der Waals surface area (Å²) in [4.78, 5) is 19.5. The minimum atomic E-state index is -0.820. The second-order valence-electron chi connectivity index (χ2n) is 7.67. The highest BCUT2D eigenvalue weighted by atomic mass is 35.5. The molecule has 0 spiro atoms. The molecule has 1 N–H and O–H groups in total. The van der Waals surface area contributed by atoms with E-state index in [9.17, 15) is 9.90 Å². The summed E-state index contributed by atoms with van der Waals surface area (Å²) in [6.45, 7) is 5.40. The van der Waals surface area contributed by atoms with Crippen molar-refractivity contribution < 1.29 is 9.90 Å². The Balaban J connectivity index is 2.01. The van der Waals surface area contributed by atoms with Gasteiger partial charge in [0.25, 0.3) is 0 Å². The largest absolute Gasteiger partial charge is 0.481 e. The van der Waals surface area contributed by atoms with Gasteiger partial charge >= 0.3 is 5.97 Å². The number of thiazole rings is 1. The molecule has 31 heavy (non-hydrogen) atoms. The van der Waals surface area contributed by atoms with Gasteiger partial charge in [-0.05, 0) is 30.0 Å². The number of nitrogens with zero attached hydrogens (tertiary/aromatic N) is 2. The van der Waals surface area contributed by atoms with Gasteiger partial charge in [0.15, 0.2) is 5.13 Å². The van der Waals surface area contributed by atoms with Crippen LogP contribution in [-0.2, 0) is 17.8 Å². The van der Waals surface area contributed by atoms with Crippen molar-refractivity contribution in [3.8, 4) is 11.3 Å². The van der Waals surface area contributed by atoms with Gasteiger partial charge in [0.05, 0.1) is 22.2 Å². The first-order valence-electron chi connectivity index (χ1n) is 10.3. The molecular weight excluding hydrogens is 451 g/mol. The van der Waals surface area contributed by atoms with E-state index in [1.807, 2.05) is 42.5 Å². The van der Waals surface area contributed by atoms with Crippen molar-refractivity contribution in [2.75, 3.05) is 11.4 Å². The second kappa shape index (κ2) is 11.0. The molecule has 0 amide bonds. The average Bonchev–Trinajstić information content (AvgIpc) is 3.17. The zero-order valence-corrected chi connectivity index (χ0v) is 20.0. The number of aliphatic carboxylic acids is 1. The van der Waals surface area contributed by atoms with E-state index in [0.717, 1.165) is 34.8 Å². The first-order valence-corrected chi connectivity index (χ1v) is 11.9. The molecule has 164 valence electrons. The average molecular weight is 477 g/mol.